The van der Waals surface area contributed by atoms with Crippen LogP contribution in [0.2, 0.25) is 0 Å². The summed E-state index contributed by atoms with van der Waals surface area (Å²) in [6, 6.07) is 2.96. The number of rotatable bonds is 3. The summed E-state index contributed by atoms with van der Waals surface area (Å²) in [5, 5.41) is 9.59. The molecule has 0 aromatic heterocycles. The van der Waals surface area contributed by atoms with Crippen LogP contribution in [0.25, 0.3) is 0 Å². The van der Waals surface area contributed by atoms with Crippen molar-refractivity contribution in [2.45, 2.75) is 24.8 Å². The highest BCUT2D eigenvalue weighted by Crippen LogP contribution is 2.48. The molecule has 0 saturated heterocycles. The Hall–Kier alpha value is -1.87. The van der Waals surface area contributed by atoms with Gasteiger partial charge in [0.15, 0.2) is 17.3 Å². The number of ether oxygens (including phenoxy) is 1. The van der Waals surface area contributed by atoms with Crippen molar-refractivity contribution in [3.63, 3.8) is 0 Å². The Morgan fingerprint density at radius 2 is 2.24 bits per heavy atom. The van der Waals surface area contributed by atoms with Crippen LogP contribution >= 0.6 is 0 Å². The number of aliphatic imine (C=N–C) groups is 1. The van der Waals surface area contributed by atoms with Crippen LogP contribution < -0.4 is 4.74 Å². The van der Waals surface area contributed by atoms with E-state index in [-0.39, 0.29) is 11.3 Å². The molecule has 0 spiro atoms. The van der Waals surface area contributed by atoms with Gasteiger partial charge in [0.2, 0.25) is 6.08 Å². The van der Waals surface area contributed by atoms with Crippen molar-refractivity contribution in [2.24, 2.45) is 4.99 Å². The second-order valence-electron chi connectivity index (χ2n) is 4.07. The first kappa shape index (κ1) is 11.6. The van der Waals surface area contributed by atoms with Gasteiger partial charge in [0.25, 0.3) is 0 Å². The zero-order valence-electron chi connectivity index (χ0n) is 9.36. The highest BCUT2D eigenvalue weighted by Gasteiger charge is 2.41. The Kier molecular flexibility index (Phi) is 2.86. The van der Waals surface area contributed by atoms with Crippen molar-refractivity contribution in [1.82, 2.24) is 0 Å². The number of nitrogens with zero attached hydrogens (tertiary/aromatic N) is 1. The lowest BCUT2D eigenvalue weighted by atomic mass is 9.72. The van der Waals surface area contributed by atoms with E-state index in [2.05, 4.69) is 4.99 Å². The zero-order chi connectivity index (χ0) is 12.5. The minimum atomic E-state index is -0.852. The number of isocyanates is 1. The Labute approximate surface area is 97.7 Å². The fourth-order valence-corrected chi connectivity index (χ4v) is 2.11. The van der Waals surface area contributed by atoms with E-state index in [0.29, 0.717) is 12.8 Å². The molecule has 1 saturated carbocycles. The van der Waals surface area contributed by atoms with Gasteiger partial charge in [-0.3, -0.25) is 0 Å². The van der Waals surface area contributed by atoms with Gasteiger partial charge < -0.3 is 9.84 Å². The van der Waals surface area contributed by atoms with E-state index >= 15 is 0 Å². The van der Waals surface area contributed by atoms with Crippen LogP contribution in [0, 0.1) is 5.82 Å². The van der Waals surface area contributed by atoms with Gasteiger partial charge in [-0.1, -0.05) is 0 Å². The molecule has 90 valence electrons. The molecule has 0 aliphatic heterocycles. The topological polar surface area (TPSA) is 58.9 Å². The Balaban J connectivity index is 2.53. The summed E-state index contributed by atoms with van der Waals surface area (Å²) >= 11 is 0. The number of methoxy groups -OCH3 is 1. The third-order valence-corrected chi connectivity index (χ3v) is 3.24. The molecule has 4 nitrogen and oxygen atoms in total. The second kappa shape index (κ2) is 4.18. The highest BCUT2D eigenvalue weighted by molar-refractivity contribution is 5.48. The number of carbonyl (C=O) groups excluding carboxylic acids is 1. The summed E-state index contributed by atoms with van der Waals surface area (Å²) in [4.78, 5) is 14.1. The van der Waals surface area contributed by atoms with Gasteiger partial charge in [-0.2, -0.15) is 4.99 Å². The number of hydrogen-bond acceptors (Lipinski definition) is 4. The Morgan fingerprint density at radius 1 is 1.53 bits per heavy atom. The zero-order valence-corrected chi connectivity index (χ0v) is 9.36. The molecule has 0 amide bonds. The number of phenols is 1. The maximum atomic E-state index is 14.0. The molecule has 1 aliphatic rings. The highest BCUT2D eigenvalue weighted by atomic mass is 19.1. The van der Waals surface area contributed by atoms with Crippen molar-refractivity contribution in [1.29, 1.82) is 0 Å². The predicted molar refractivity (Wildman–Crippen MR) is 58.3 cm³/mol. The van der Waals surface area contributed by atoms with Gasteiger partial charge in [0, 0.05) is 5.56 Å². The normalized spacial score (nSPS) is 16.8. The van der Waals surface area contributed by atoms with E-state index in [4.69, 9.17) is 4.74 Å². The molecule has 1 aromatic carbocycles. The maximum absolute atomic E-state index is 14.0. The van der Waals surface area contributed by atoms with Crippen molar-refractivity contribution in [3.05, 3.63) is 23.5 Å². The fourth-order valence-electron chi connectivity index (χ4n) is 2.11. The molecule has 2 rings (SSSR count). The summed E-state index contributed by atoms with van der Waals surface area (Å²) in [5.41, 5.74) is -0.624. The van der Waals surface area contributed by atoms with Gasteiger partial charge >= 0.3 is 0 Å². The molecule has 0 heterocycles. The van der Waals surface area contributed by atoms with Crippen molar-refractivity contribution in [2.75, 3.05) is 7.11 Å². The molecule has 1 aliphatic carbocycles. The SMILES string of the molecule is COc1ccc(C2(N=C=O)CCC2)c(F)c1O. The summed E-state index contributed by atoms with van der Waals surface area (Å²) in [5.74, 6) is -1.25. The molecule has 0 radical (unpaired) electrons. The number of phenolic OH excluding ortho intramolecular Hbond substituents is 1. The molecule has 0 atom stereocenters. The maximum Gasteiger partial charge on any atom is 0.235 e. The molecule has 0 unspecified atom stereocenters. The average Bonchev–Trinajstić information content (AvgIpc) is 2.28. The lowest BCUT2D eigenvalue weighted by molar-refractivity contribution is 0.243. The molecule has 0 bridgehead atoms. The number of halogens is 1. The predicted octanol–water partition coefficient (Wildman–Crippen LogP) is 2.25. The summed E-state index contributed by atoms with van der Waals surface area (Å²) in [7, 11) is 1.34. The lowest BCUT2D eigenvalue weighted by Gasteiger charge is -2.37. The van der Waals surface area contributed by atoms with E-state index in [1.54, 1.807) is 0 Å². The van der Waals surface area contributed by atoms with E-state index in [0.717, 1.165) is 6.42 Å². The summed E-state index contributed by atoms with van der Waals surface area (Å²) in [6.07, 6.45) is 3.53. The lowest BCUT2D eigenvalue weighted by Crippen LogP contribution is -2.32. The van der Waals surface area contributed by atoms with Crippen LogP contribution in [-0.2, 0) is 10.3 Å². The molecule has 1 N–H and O–H groups in total. The number of hydrogen-bond donors (Lipinski definition) is 1. The number of benzene rings is 1. The van der Waals surface area contributed by atoms with Crippen LogP contribution in [-0.4, -0.2) is 18.3 Å². The molecule has 1 fully saturated rings. The van der Waals surface area contributed by atoms with E-state index < -0.39 is 17.1 Å². The van der Waals surface area contributed by atoms with Gasteiger partial charge in [0.1, 0.15) is 5.54 Å². The third-order valence-electron chi connectivity index (χ3n) is 3.24. The van der Waals surface area contributed by atoms with Crippen molar-refractivity contribution >= 4 is 6.08 Å². The first-order valence-corrected chi connectivity index (χ1v) is 5.29. The Bertz CT molecular complexity index is 491. The first-order chi connectivity index (χ1) is 8.14. The molecule has 5 heteroatoms. The standard InChI is InChI=1S/C12H12FNO3/c1-17-9-4-3-8(10(13)11(9)16)12(14-7-15)5-2-6-12/h3-4,16H,2,5-6H2,1H3. The third kappa shape index (κ3) is 1.68. The van der Waals surface area contributed by atoms with Gasteiger partial charge in [-0.05, 0) is 31.4 Å². The smallest absolute Gasteiger partial charge is 0.235 e. The van der Waals surface area contributed by atoms with Crippen LogP contribution in [0.1, 0.15) is 24.8 Å². The van der Waals surface area contributed by atoms with Crippen LogP contribution in [0.4, 0.5) is 4.39 Å². The minimum Gasteiger partial charge on any atom is -0.502 e. The van der Waals surface area contributed by atoms with Gasteiger partial charge in [-0.15, -0.1) is 0 Å². The van der Waals surface area contributed by atoms with Crippen molar-refractivity contribution < 1.29 is 19.0 Å². The molecule has 17 heavy (non-hydrogen) atoms. The molecule has 1 aromatic rings. The van der Waals surface area contributed by atoms with Crippen LogP contribution in [0.15, 0.2) is 17.1 Å². The second-order valence-corrected chi connectivity index (χ2v) is 4.07. The number of aromatic hydroxyl groups is 1. The summed E-state index contributed by atoms with van der Waals surface area (Å²) < 4.78 is 18.8. The van der Waals surface area contributed by atoms with Crippen molar-refractivity contribution in [3.8, 4) is 11.5 Å². The van der Waals surface area contributed by atoms with Crippen LogP contribution in [0.5, 0.6) is 11.5 Å². The first-order valence-electron chi connectivity index (χ1n) is 5.29. The quantitative estimate of drug-likeness (QED) is 0.648. The van der Waals surface area contributed by atoms with Crippen LogP contribution in [0.3, 0.4) is 0 Å². The molecular weight excluding hydrogens is 225 g/mol. The largest absolute Gasteiger partial charge is 0.502 e. The van der Waals surface area contributed by atoms with E-state index in [1.807, 2.05) is 0 Å². The van der Waals surface area contributed by atoms with Gasteiger partial charge in [0.05, 0.1) is 7.11 Å². The van der Waals surface area contributed by atoms with E-state index in [9.17, 15) is 14.3 Å². The molecular formula is C12H12FNO3. The fraction of sp³-hybridized carbons (Fsp3) is 0.417. The minimum absolute atomic E-state index is 0.0656. The summed E-state index contributed by atoms with van der Waals surface area (Å²) in [6.45, 7) is 0. The Morgan fingerprint density at radius 3 is 2.71 bits per heavy atom. The monoisotopic (exact) mass is 237 g/mol. The van der Waals surface area contributed by atoms with E-state index in [1.165, 1.54) is 25.3 Å². The van der Waals surface area contributed by atoms with Gasteiger partial charge in [-0.25, -0.2) is 9.18 Å². The average molecular weight is 237 g/mol.